The van der Waals surface area contributed by atoms with Crippen molar-refractivity contribution in [1.29, 1.82) is 0 Å². The Balaban J connectivity index is 3.76. The molecular weight excluding hydrogens is 228 g/mol. The molecule has 0 saturated heterocycles. The van der Waals surface area contributed by atoms with E-state index in [1.54, 1.807) is 0 Å². The fourth-order valence-electron chi connectivity index (χ4n) is 1.95. The summed E-state index contributed by atoms with van der Waals surface area (Å²) in [7, 11) is 0. The third-order valence-electron chi connectivity index (χ3n) is 3.09. The van der Waals surface area contributed by atoms with Gasteiger partial charge < -0.3 is 10.6 Å². The smallest absolute Gasteiger partial charge is 0.0917 e. The SMILES string of the molecule is CCCCCCN(CCCCCC)C(=S)CN. The molecule has 0 fully saturated rings. The summed E-state index contributed by atoms with van der Waals surface area (Å²) in [6.45, 7) is 7.21. The molecule has 0 aromatic heterocycles. The topological polar surface area (TPSA) is 29.3 Å². The van der Waals surface area contributed by atoms with Crippen LogP contribution in [0.15, 0.2) is 0 Å². The molecule has 0 rings (SSSR count). The molecule has 0 saturated carbocycles. The quantitative estimate of drug-likeness (QED) is 0.452. The van der Waals surface area contributed by atoms with Crippen molar-refractivity contribution in [3.05, 3.63) is 0 Å². The second-order valence-electron chi connectivity index (χ2n) is 4.71. The van der Waals surface area contributed by atoms with Crippen LogP contribution >= 0.6 is 12.2 Å². The number of nitrogens with zero attached hydrogens (tertiary/aromatic N) is 1. The molecule has 0 aliphatic heterocycles. The highest BCUT2D eigenvalue weighted by molar-refractivity contribution is 7.80. The summed E-state index contributed by atoms with van der Waals surface area (Å²) >= 11 is 5.33. The van der Waals surface area contributed by atoms with Crippen LogP contribution in [0.1, 0.15) is 65.2 Å². The van der Waals surface area contributed by atoms with Crippen LogP contribution < -0.4 is 5.73 Å². The average molecular weight is 258 g/mol. The molecule has 0 aromatic carbocycles. The van der Waals surface area contributed by atoms with Crippen LogP contribution in [-0.4, -0.2) is 29.5 Å². The summed E-state index contributed by atoms with van der Waals surface area (Å²) in [6.07, 6.45) is 10.4. The molecule has 2 nitrogen and oxygen atoms in total. The van der Waals surface area contributed by atoms with Crippen molar-refractivity contribution in [3.63, 3.8) is 0 Å². The minimum Gasteiger partial charge on any atom is -0.365 e. The number of unbranched alkanes of at least 4 members (excludes halogenated alkanes) is 6. The van der Waals surface area contributed by atoms with E-state index in [4.69, 9.17) is 18.0 Å². The van der Waals surface area contributed by atoms with Gasteiger partial charge in [-0.3, -0.25) is 0 Å². The monoisotopic (exact) mass is 258 g/mol. The Kier molecular flexibility index (Phi) is 12.2. The Bertz CT molecular complexity index is 171. The highest BCUT2D eigenvalue weighted by Crippen LogP contribution is 2.06. The van der Waals surface area contributed by atoms with Crippen molar-refractivity contribution in [2.24, 2.45) is 5.73 Å². The van der Waals surface area contributed by atoms with E-state index in [2.05, 4.69) is 18.7 Å². The lowest BCUT2D eigenvalue weighted by Gasteiger charge is -2.24. The third kappa shape index (κ3) is 9.54. The average Bonchev–Trinajstić information content (AvgIpc) is 2.36. The first kappa shape index (κ1) is 16.9. The van der Waals surface area contributed by atoms with Gasteiger partial charge >= 0.3 is 0 Å². The first-order valence-electron chi connectivity index (χ1n) is 7.24. The summed E-state index contributed by atoms with van der Waals surface area (Å²) in [5.41, 5.74) is 5.65. The first-order valence-corrected chi connectivity index (χ1v) is 7.64. The number of rotatable bonds is 11. The lowest BCUT2D eigenvalue weighted by molar-refractivity contribution is 0.389. The predicted molar refractivity (Wildman–Crippen MR) is 81.5 cm³/mol. The second kappa shape index (κ2) is 12.3. The molecule has 0 aromatic rings. The van der Waals surface area contributed by atoms with Crippen molar-refractivity contribution >= 4 is 17.2 Å². The lowest BCUT2D eigenvalue weighted by atomic mass is 10.1. The minimum absolute atomic E-state index is 0.525. The molecule has 0 unspecified atom stereocenters. The van der Waals surface area contributed by atoms with Gasteiger partial charge in [-0.1, -0.05) is 64.6 Å². The lowest BCUT2D eigenvalue weighted by Crippen LogP contribution is -2.36. The minimum atomic E-state index is 0.525. The van der Waals surface area contributed by atoms with Crippen LogP contribution in [0.3, 0.4) is 0 Å². The van der Waals surface area contributed by atoms with E-state index in [9.17, 15) is 0 Å². The maximum atomic E-state index is 5.65. The Morgan fingerprint density at radius 1 is 0.882 bits per heavy atom. The van der Waals surface area contributed by atoms with E-state index in [-0.39, 0.29) is 0 Å². The zero-order valence-electron chi connectivity index (χ0n) is 11.7. The maximum Gasteiger partial charge on any atom is 0.0917 e. The fourth-order valence-corrected chi connectivity index (χ4v) is 2.13. The van der Waals surface area contributed by atoms with E-state index in [0.717, 1.165) is 18.1 Å². The van der Waals surface area contributed by atoms with Gasteiger partial charge in [0.25, 0.3) is 0 Å². The van der Waals surface area contributed by atoms with Gasteiger partial charge in [0, 0.05) is 19.6 Å². The zero-order valence-corrected chi connectivity index (χ0v) is 12.5. The van der Waals surface area contributed by atoms with Gasteiger partial charge in [0.2, 0.25) is 0 Å². The van der Waals surface area contributed by atoms with E-state index in [1.165, 1.54) is 51.4 Å². The summed E-state index contributed by atoms with van der Waals surface area (Å²) < 4.78 is 0. The van der Waals surface area contributed by atoms with E-state index in [0.29, 0.717) is 6.54 Å². The van der Waals surface area contributed by atoms with Crippen molar-refractivity contribution in [3.8, 4) is 0 Å². The third-order valence-corrected chi connectivity index (χ3v) is 3.52. The molecular formula is C14H30N2S. The van der Waals surface area contributed by atoms with Crippen molar-refractivity contribution in [1.82, 2.24) is 4.90 Å². The molecule has 0 heterocycles. The Morgan fingerprint density at radius 2 is 1.35 bits per heavy atom. The molecule has 2 N–H and O–H groups in total. The Labute approximate surface area is 113 Å². The van der Waals surface area contributed by atoms with Crippen LogP contribution in [0.4, 0.5) is 0 Å². The van der Waals surface area contributed by atoms with Crippen LogP contribution in [-0.2, 0) is 0 Å². The van der Waals surface area contributed by atoms with Gasteiger partial charge in [-0.15, -0.1) is 0 Å². The molecule has 102 valence electrons. The molecule has 0 radical (unpaired) electrons. The van der Waals surface area contributed by atoms with E-state index >= 15 is 0 Å². The second-order valence-corrected chi connectivity index (χ2v) is 5.18. The van der Waals surface area contributed by atoms with Gasteiger partial charge in [0.1, 0.15) is 0 Å². The molecule has 3 heteroatoms. The van der Waals surface area contributed by atoms with Crippen LogP contribution in [0.2, 0.25) is 0 Å². The number of hydrogen-bond acceptors (Lipinski definition) is 2. The zero-order chi connectivity index (χ0) is 12.9. The number of nitrogens with two attached hydrogens (primary N) is 1. The highest BCUT2D eigenvalue weighted by atomic mass is 32.1. The van der Waals surface area contributed by atoms with E-state index in [1.807, 2.05) is 0 Å². The summed E-state index contributed by atoms with van der Waals surface area (Å²) in [5.74, 6) is 0. The number of thiocarbonyl (C=S) groups is 1. The van der Waals surface area contributed by atoms with Crippen LogP contribution in [0.5, 0.6) is 0 Å². The summed E-state index contributed by atoms with van der Waals surface area (Å²) in [5, 5.41) is 0. The van der Waals surface area contributed by atoms with Gasteiger partial charge in [0.15, 0.2) is 0 Å². The van der Waals surface area contributed by atoms with E-state index < -0.39 is 0 Å². The van der Waals surface area contributed by atoms with Crippen molar-refractivity contribution in [2.45, 2.75) is 65.2 Å². The predicted octanol–water partition coefficient (Wildman–Crippen LogP) is 3.74. The first-order chi connectivity index (χ1) is 8.26. The highest BCUT2D eigenvalue weighted by Gasteiger charge is 2.06. The standard InChI is InChI=1S/C14H30N2S/c1-3-5-7-9-11-16(14(17)13-15)12-10-8-6-4-2/h3-13,15H2,1-2H3. The van der Waals surface area contributed by atoms with Crippen LogP contribution in [0.25, 0.3) is 0 Å². The maximum absolute atomic E-state index is 5.65. The van der Waals surface area contributed by atoms with Gasteiger partial charge in [-0.25, -0.2) is 0 Å². The largest absolute Gasteiger partial charge is 0.365 e. The molecule has 0 aliphatic rings. The van der Waals surface area contributed by atoms with Crippen LogP contribution in [0, 0.1) is 0 Å². The fraction of sp³-hybridized carbons (Fsp3) is 0.929. The normalized spacial score (nSPS) is 10.5. The Hall–Kier alpha value is -0.150. The van der Waals surface area contributed by atoms with Crippen molar-refractivity contribution < 1.29 is 0 Å². The molecule has 0 spiro atoms. The summed E-state index contributed by atoms with van der Waals surface area (Å²) in [4.78, 5) is 3.26. The number of hydrogen-bond donors (Lipinski definition) is 1. The molecule has 0 aliphatic carbocycles. The Morgan fingerprint density at radius 3 is 1.71 bits per heavy atom. The molecule has 0 bridgehead atoms. The van der Waals surface area contributed by atoms with Gasteiger partial charge in [0.05, 0.1) is 4.99 Å². The molecule has 0 atom stereocenters. The van der Waals surface area contributed by atoms with Gasteiger partial charge in [-0.2, -0.15) is 0 Å². The summed E-state index contributed by atoms with van der Waals surface area (Å²) in [6, 6.07) is 0. The molecule has 17 heavy (non-hydrogen) atoms. The molecule has 0 amide bonds. The van der Waals surface area contributed by atoms with Crippen molar-refractivity contribution in [2.75, 3.05) is 19.6 Å². The van der Waals surface area contributed by atoms with Gasteiger partial charge in [-0.05, 0) is 12.8 Å².